The SMILES string of the molecule is Cc1ccc(OCc2csc(C(=O)NCCN(C)C)c2)cc1. The van der Waals surface area contributed by atoms with Crippen LogP contribution in [-0.2, 0) is 6.61 Å². The van der Waals surface area contributed by atoms with E-state index in [0.29, 0.717) is 13.2 Å². The maximum atomic E-state index is 12.0. The number of amides is 1. The van der Waals surface area contributed by atoms with Gasteiger partial charge < -0.3 is 15.0 Å². The number of hydrogen-bond acceptors (Lipinski definition) is 4. The van der Waals surface area contributed by atoms with Gasteiger partial charge in [-0.2, -0.15) is 0 Å². The highest BCUT2D eigenvalue weighted by atomic mass is 32.1. The fourth-order valence-electron chi connectivity index (χ4n) is 1.85. The maximum absolute atomic E-state index is 12.0. The monoisotopic (exact) mass is 318 g/mol. The van der Waals surface area contributed by atoms with Crippen LogP contribution in [0.15, 0.2) is 35.7 Å². The Morgan fingerprint density at radius 3 is 2.68 bits per heavy atom. The van der Waals surface area contributed by atoms with Gasteiger partial charge in [-0.25, -0.2) is 0 Å². The molecule has 1 aromatic heterocycles. The minimum absolute atomic E-state index is 0.0200. The van der Waals surface area contributed by atoms with Crippen LogP contribution in [0.25, 0.3) is 0 Å². The van der Waals surface area contributed by atoms with Crippen molar-refractivity contribution < 1.29 is 9.53 Å². The summed E-state index contributed by atoms with van der Waals surface area (Å²) in [6, 6.07) is 9.84. The van der Waals surface area contributed by atoms with Crippen molar-refractivity contribution in [1.82, 2.24) is 10.2 Å². The summed E-state index contributed by atoms with van der Waals surface area (Å²) >= 11 is 1.45. The van der Waals surface area contributed by atoms with Crippen LogP contribution in [0.1, 0.15) is 20.8 Å². The molecule has 1 aromatic carbocycles. The molecule has 1 heterocycles. The Balaban J connectivity index is 1.83. The van der Waals surface area contributed by atoms with E-state index < -0.39 is 0 Å². The number of carbonyl (C=O) groups excluding carboxylic acids is 1. The number of hydrogen-bond donors (Lipinski definition) is 1. The average molecular weight is 318 g/mol. The lowest BCUT2D eigenvalue weighted by Crippen LogP contribution is -2.30. The van der Waals surface area contributed by atoms with Crippen LogP contribution in [0.5, 0.6) is 5.75 Å². The van der Waals surface area contributed by atoms with Gasteiger partial charge in [0, 0.05) is 18.7 Å². The molecule has 22 heavy (non-hydrogen) atoms. The minimum atomic E-state index is -0.0200. The van der Waals surface area contributed by atoms with E-state index in [1.54, 1.807) is 0 Å². The van der Waals surface area contributed by atoms with Crippen LogP contribution in [0, 0.1) is 6.92 Å². The number of likely N-dealkylation sites (N-methyl/N-ethyl adjacent to an activating group) is 1. The molecule has 0 saturated carbocycles. The van der Waals surface area contributed by atoms with Crippen molar-refractivity contribution in [1.29, 1.82) is 0 Å². The van der Waals surface area contributed by atoms with Crippen molar-refractivity contribution in [2.24, 2.45) is 0 Å². The molecule has 0 atom stereocenters. The zero-order chi connectivity index (χ0) is 15.9. The summed E-state index contributed by atoms with van der Waals surface area (Å²) in [6.45, 7) is 4.01. The molecule has 4 nitrogen and oxygen atoms in total. The Bertz CT molecular complexity index is 605. The van der Waals surface area contributed by atoms with E-state index in [1.165, 1.54) is 16.9 Å². The van der Waals surface area contributed by atoms with E-state index in [0.717, 1.165) is 22.7 Å². The molecule has 0 aliphatic rings. The number of thiophene rings is 1. The molecule has 2 aromatic rings. The van der Waals surface area contributed by atoms with Gasteiger partial charge in [0.25, 0.3) is 5.91 Å². The Morgan fingerprint density at radius 1 is 1.27 bits per heavy atom. The Labute approximate surface area is 135 Å². The molecule has 5 heteroatoms. The summed E-state index contributed by atoms with van der Waals surface area (Å²) < 4.78 is 5.72. The molecule has 118 valence electrons. The molecule has 2 rings (SSSR count). The third kappa shape index (κ3) is 5.16. The van der Waals surface area contributed by atoms with Crippen LogP contribution < -0.4 is 10.1 Å². The van der Waals surface area contributed by atoms with Crippen molar-refractivity contribution in [3.05, 3.63) is 51.7 Å². The normalized spacial score (nSPS) is 10.7. The van der Waals surface area contributed by atoms with E-state index >= 15 is 0 Å². The summed E-state index contributed by atoms with van der Waals surface area (Å²) in [6.07, 6.45) is 0. The van der Waals surface area contributed by atoms with Gasteiger partial charge in [-0.05, 0) is 44.6 Å². The summed E-state index contributed by atoms with van der Waals surface area (Å²) in [5.74, 6) is 0.822. The van der Waals surface area contributed by atoms with Gasteiger partial charge in [-0.3, -0.25) is 4.79 Å². The predicted molar refractivity (Wildman–Crippen MR) is 90.7 cm³/mol. The first-order valence-corrected chi connectivity index (χ1v) is 8.12. The number of rotatable bonds is 7. The quantitative estimate of drug-likeness (QED) is 0.853. The molecule has 0 aliphatic carbocycles. The number of benzene rings is 1. The number of aryl methyl sites for hydroxylation is 1. The molecule has 0 bridgehead atoms. The lowest BCUT2D eigenvalue weighted by molar-refractivity contribution is 0.0955. The molecule has 0 aliphatic heterocycles. The molecular formula is C17H22N2O2S. The highest BCUT2D eigenvalue weighted by Crippen LogP contribution is 2.18. The van der Waals surface area contributed by atoms with Crippen molar-refractivity contribution in [2.45, 2.75) is 13.5 Å². The first kappa shape index (κ1) is 16.5. The molecule has 1 N–H and O–H groups in total. The first-order chi connectivity index (χ1) is 10.5. The molecular weight excluding hydrogens is 296 g/mol. The highest BCUT2D eigenvalue weighted by molar-refractivity contribution is 7.12. The fraction of sp³-hybridized carbons (Fsp3) is 0.353. The zero-order valence-corrected chi connectivity index (χ0v) is 14.1. The van der Waals surface area contributed by atoms with Gasteiger partial charge in [0.2, 0.25) is 0 Å². The second kappa shape index (κ2) is 7.96. The van der Waals surface area contributed by atoms with Crippen molar-refractivity contribution >= 4 is 17.2 Å². The molecule has 0 spiro atoms. The van der Waals surface area contributed by atoms with Crippen molar-refractivity contribution in [3.8, 4) is 5.75 Å². The third-order valence-electron chi connectivity index (χ3n) is 3.15. The number of carbonyl (C=O) groups is 1. The summed E-state index contributed by atoms with van der Waals surface area (Å²) in [4.78, 5) is 14.8. The van der Waals surface area contributed by atoms with Crippen molar-refractivity contribution in [3.63, 3.8) is 0 Å². The molecule has 0 fully saturated rings. The van der Waals surface area contributed by atoms with Gasteiger partial charge in [0.15, 0.2) is 0 Å². The zero-order valence-electron chi connectivity index (χ0n) is 13.3. The van der Waals surface area contributed by atoms with Crippen molar-refractivity contribution in [2.75, 3.05) is 27.2 Å². The van der Waals surface area contributed by atoms with Gasteiger partial charge >= 0.3 is 0 Å². The van der Waals surface area contributed by atoms with Gasteiger partial charge in [-0.15, -0.1) is 11.3 Å². The number of nitrogens with one attached hydrogen (secondary N) is 1. The smallest absolute Gasteiger partial charge is 0.261 e. The second-order valence-corrected chi connectivity index (χ2v) is 6.39. The average Bonchev–Trinajstić information content (AvgIpc) is 2.95. The van der Waals surface area contributed by atoms with Crippen LogP contribution in [0.3, 0.4) is 0 Å². The van der Waals surface area contributed by atoms with E-state index in [-0.39, 0.29) is 5.91 Å². The Hall–Kier alpha value is -1.85. The lowest BCUT2D eigenvalue weighted by atomic mass is 10.2. The molecule has 1 amide bonds. The highest BCUT2D eigenvalue weighted by Gasteiger charge is 2.09. The summed E-state index contributed by atoms with van der Waals surface area (Å²) in [5, 5.41) is 4.88. The van der Waals surface area contributed by atoms with Crippen LogP contribution >= 0.6 is 11.3 Å². The predicted octanol–water partition coefficient (Wildman–Crippen LogP) is 2.93. The summed E-state index contributed by atoms with van der Waals surface area (Å²) in [5.41, 5.74) is 2.22. The number of ether oxygens (including phenoxy) is 1. The fourth-order valence-corrected chi connectivity index (χ4v) is 2.66. The molecule has 0 saturated heterocycles. The minimum Gasteiger partial charge on any atom is -0.489 e. The summed E-state index contributed by atoms with van der Waals surface area (Å²) in [7, 11) is 3.97. The third-order valence-corrected chi connectivity index (χ3v) is 4.13. The van der Waals surface area contributed by atoms with Gasteiger partial charge in [0.05, 0.1) is 4.88 Å². The second-order valence-electron chi connectivity index (χ2n) is 5.48. The molecule has 0 radical (unpaired) electrons. The Morgan fingerprint density at radius 2 is 2.00 bits per heavy atom. The maximum Gasteiger partial charge on any atom is 0.261 e. The van der Waals surface area contributed by atoms with E-state index in [1.807, 2.05) is 61.6 Å². The Kier molecular flexibility index (Phi) is 5.98. The largest absolute Gasteiger partial charge is 0.489 e. The van der Waals surface area contributed by atoms with Crippen LogP contribution in [0.4, 0.5) is 0 Å². The van der Waals surface area contributed by atoms with Crippen LogP contribution in [0.2, 0.25) is 0 Å². The van der Waals surface area contributed by atoms with Gasteiger partial charge in [0.1, 0.15) is 12.4 Å². The number of nitrogens with zero attached hydrogens (tertiary/aromatic N) is 1. The van der Waals surface area contributed by atoms with Gasteiger partial charge in [-0.1, -0.05) is 17.7 Å². The first-order valence-electron chi connectivity index (χ1n) is 7.24. The lowest BCUT2D eigenvalue weighted by Gasteiger charge is -2.09. The van der Waals surface area contributed by atoms with E-state index in [2.05, 4.69) is 5.32 Å². The topological polar surface area (TPSA) is 41.6 Å². The molecule has 0 unspecified atom stereocenters. The standard InChI is InChI=1S/C17H22N2O2S/c1-13-4-6-15(7-5-13)21-11-14-10-16(22-12-14)17(20)18-8-9-19(2)3/h4-7,10,12H,8-9,11H2,1-3H3,(H,18,20). The van der Waals surface area contributed by atoms with E-state index in [9.17, 15) is 4.79 Å². The van der Waals surface area contributed by atoms with Crippen LogP contribution in [-0.4, -0.2) is 38.0 Å². The van der Waals surface area contributed by atoms with E-state index in [4.69, 9.17) is 4.74 Å².